The minimum Gasteiger partial charge on any atom is -0.493 e. The highest BCUT2D eigenvalue weighted by Gasteiger charge is 2.08. The quantitative estimate of drug-likeness (QED) is 0.786. The van der Waals surface area contributed by atoms with E-state index in [0.717, 1.165) is 12.4 Å². The second kappa shape index (κ2) is 7.42. The van der Waals surface area contributed by atoms with E-state index in [9.17, 15) is 0 Å². The van der Waals surface area contributed by atoms with Gasteiger partial charge in [0.15, 0.2) is 0 Å². The third-order valence-electron chi connectivity index (χ3n) is 3.76. The normalized spacial score (nSPS) is 12.8. The molecule has 0 radical (unpaired) electrons. The number of benzene rings is 1. The molecule has 0 aromatic heterocycles. The molecule has 0 amide bonds. The predicted octanol–water partition coefficient (Wildman–Crippen LogP) is 4.09. The highest BCUT2D eigenvalue weighted by molar-refractivity contribution is 5.37. The van der Waals surface area contributed by atoms with E-state index in [1.165, 1.54) is 24.0 Å². The summed E-state index contributed by atoms with van der Waals surface area (Å²) in [7, 11) is 1.98. The van der Waals surface area contributed by atoms with Crippen LogP contribution in [0.4, 0.5) is 0 Å². The third-order valence-corrected chi connectivity index (χ3v) is 3.76. The Labute approximate surface area is 112 Å². The van der Waals surface area contributed by atoms with Crippen molar-refractivity contribution in [1.29, 1.82) is 0 Å². The summed E-state index contributed by atoms with van der Waals surface area (Å²) in [5.74, 6) is 1.69. The van der Waals surface area contributed by atoms with Gasteiger partial charge in [0.2, 0.25) is 0 Å². The Bertz CT molecular complexity index is 358. The van der Waals surface area contributed by atoms with Gasteiger partial charge in [0.25, 0.3) is 0 Å². The van der Waals surface area contributed by atoms with Gasteiger partial charge in [-0.15, -0.1) is 0 Å². The van der Waals surface area contributed by atoms with E-state index < -0.39 is 0 Å². The SMILES string of the molecule is CCC(CC)COc1ccc(C(C)NC)cc1C. The van der Waals surface area contributed by atoms with E-state index in [-0.39, 0.29) is 0 Å². The first-order chi connectivity index (χ1) is 8.62. The van der Waals surface area contributed by atoms with Gasteiger partial charge in [-0.05, 0) is 44.0 Å². The highest BCUT2D eigenvalue weighted by atomic mass is 16.5. The number of ether oxygens (including phenoxy) is 1. The van der Waals surface area contributed by atoms with Crippen LogP contribution >= 0.6 is 0 Å². The second-order valence-electron chi connectivity index (χ2n) is 5.03. The number of aryl methyl sites for hydroxylation is 1. The van der Waals surface area contributed by atoms with Crippen molar-refractivity contribution in [1.82, 2.24) is 5.32 Å². The Morgan fingerprint density at radius 1 is 1.22 bits per heavy atom. The maximum absolute atomic E-state index is 5.93. The molecule has 1 rings (SSSR count). The zero-order valence-corrected chi connectivity index (χ0v) is 12.4. The first-order valence-corrected chi connectivity index (χ1v) is 7.02. The van der Waals surface area contributed by atoms with Crippen molar-refractivity contribution in [3.8, 4) is 5.75 Å². The van der Waals surface area contributed by atoms with Crippen LogP contribution in [0.15, 0.2) is 18.2 Å². The maximum Gasteiger partial charge on any atom is 0.122 e. The molecule has 2 nitrogen and oxygen atoms in total. The Morgan fingerprint density at radius 2 is 1.89 bits per heavy atom. The minimum atomic E-state index is 0.386. The first-order valence-electron chi connectivity index (χ1n) is 7.02. The molecule has 0 heterocycles. The van der Waals surface area contributed by atoms with Crippen molar-refractivity contribution in [3.05, 3.63) is 29.3 Å². The molecular weight excluding hydrogens is 222 g/mol. The van der Waals surface area contributed by atoms with Crippen LogP contribution in [0.2, 0.25) is 0 Å². The van der Waals surface area contributed by atoms with E-state index in [0.29, 0.717) is 12.0 Å². The highest BCUT2D eigenvalue weighted by Crippen LogP contribution is 2.23. The molecule has 1 aromatic rings. The van der Waals surface area contributed by atoms with Gasteiger partial charge >= 0.3 is 0 Å². The van der Waals surface area contributed by atoms with Crippen LogP contribution < -0.4 is 10.1 Å². The third kappa shape index (κ3) is 4.02. The van der Waals surface area contributed by atoms with Gasteiger partial charge in [0.1, 0.15) is 5.75 Å². The molecule has 0 aliphatic heterocycles. The van der Waals surface area contributed by atoms with Crippen LogP contribution in [-0.4, -0.2) is 13.7 Å². The molecule has 0 saturated carbocycles. The molecule has 0 spiro atoms. The smallest absolute Gasteiger partial charge is 0.122 e. The Kier molecular flexibility index (Phi) is 6.20. The van der Waals surface area contributed by atoms with Crippen LogP contribution in [0, 0.1) is 12.8 Å². The monoisotopic (exact) mass is 249 g/mol. The fourth-order valence-electron chi connectivity index (χ4n) is 2.00. The lowest BCUT2D eigenvalue weighted by molar-refractivity contribution is 0.239. The van der Waals surface area contributed by atoms with Crippen molar-refractivity contribution < 1.29 is 4.74 Å². The summed E-state index contributed by atoms with van der Waals surface area (Å²) in [5.41, 5.74) is 2.53. The van der Waals surface area contributed by atoms with Gasteiger partial charge in [-0.3, -0.25) is 0 Å². The van der Waals surface area contributed by atoms with Crippen LogP contribution in [0.1, 0.15) is 50.8 Å². The zero-order valence-electron chi connectivity index (χ0n) is 12.4. The summed E-state index contributed by atoms with van der Waals surface area (Å²) in [6.07, 6.45) is 2.37. The molecule has 0 bridgehead atoms. The van der Waals surface area contributed by atoms with Gasteiger partial charge < -0.3 is 10.1 Å². The summed E-state index contributed by atoms with van der Waals surface area (Å²) in [4.78, 5) is 0. The number of hydrogen-bond acceptors (Lipinski definition) is 2. The molecule has 102 valence electrons. The molecular formula is C16H27NO. The van der Waals surface area contributed by atoms with Gasteiger partial charge in [-0.25, -0.2) is 0 Å². The molecule has 0 aliphatic rings. The summed E-state index contributed by atoms with van der Waals surface area (Å²) in [6.45, 7) is 9.56. The summed E-state index contributed by atoms with van der Waals surface area (Å²) in [5, 5.41) is 3.26. The second-order valence-corrected chi connectivity index (χ2v) is 5.03. The van der Waals surface area contributed by atoms with Crippen molar-refractivity contribution in [2.75, 3.05) is 13.7 Å². The molecule has 1 aromatic carbocycles. The largest absolute Gasteiger partial charge is 0.493 e. The van der Waals surface area contributed by atoms with E-state index in [4.69, 9.17) is 4.74 Å². The predicted molar refractivity (Wildman–Crippen MR) is 78.2 cm³/mol. The number of rotatable bonds is 7. The summed E-state index contributed by atoms with van der Waals surface area (Å²) >= 11 is 0. The van der Waals surface area contributed by atoms with E-state index in [1.807, 2.05) is 7.05 Å². The van der Waals surface area contributed by atoms with E-state index in [2.05, 4.69) is 51.2 Å². The van der Waals surface area contributed by atoms with Crippen LogP contribution in [0.3, 0.4) is 0 Å². The van der Waals surface area contributed by atoms with Gasteiger partial charge in [0.05, 0.1) is 6.61 Å². The van der Waals surface area contributed by atoms with Gasteiger partial charge in [0, 0.05) is 6.04 Å². The lowest BCUT2D eigenvalue weighted by atomic mass is 10.0. The molecule has 2 heteroatoms. The average molecular weight is 249 g/mol. The van der Waals surface area contributed by atoms with Crippen molar-refractivity contribution in [2.24, 2.45) is 5.92 Å². The maximum atomic E-state index is 5.93. The fraction of sp³-hybridized carbons (Fsp3) is 0.625. The van der Waals surface area contributed by atoms with Crippen LogP contribution in [-0.2, 0) is 0 Å². The summed E-state index contributed by atoms with van der Waals surface area (Å²) in [6, 6.07) is 6.84. The molecule has 18 heavy (non-hydrogen) atoms. The number of hydrogen-bond donors (Lipinski definition) is 1. The van der Waals surface area contributed by atoms with Gasteiger partial charge in [-0.1, -0.05) is 38.8 Å². The molecule has 0 saturated heterocycles. The van der Waals surface area contributed by atoms with Crippen LogP contribution in [0.25, 0.3) is 0 Å². The van der Waals surface area contributed by atoms with E-state index >= 15 is 0 Å². The van der Waals surface area contributed by atoms with Crippen LogP contribution in [0.5, 0.6) is 5.75 Å². The average Bonchev–Trinajstić information content (AvgIpc) is 2.40. The molecule has 1 N–H and O–H groups in total. The minimum absolute atomic E-state index is 0.386. The standard InChI is InChI=1S/C16H27NO/c1-6-14(7-2)11-18-16-9-8-15(10-12(16)3)13(4)17-5/h8-10,13-14,17H,6-7,11H2,1-5H3. The molecule has 0 aliphatic carbocycles. The Balaban J connectivity index is 2.68. The van der Waals surface area contributed by atoms with Crippen molar-refractivity contribution in [2.45, 2.75) is 46.6 Å². The van der Waals surface area contributed by atoms with Crippen molar-refractivity contribution in [3.63, 3.8) is 0 Å². The van der Waals surface area contributed by atoms with Crippen molar-refractivity contribution >= 4 is 0 Å². The first kappa shape index (κ1) is 15.0. The van der Waals surface area contributed by atoms with Gasteiger partial charge in [-0.2, -0.15) is 0 Å². The molecule has 0 fully saturated rings. The Morgan fingerprint density at radius 3 is 2.39 bits per heavy atom. The lowest BCUT2D eigenvalue weighted by Crippen LogP contribution is -2.13. The summed E-state index contributed by atoms with van der Waals surface area (Å²) < 4.78 is 5.93. The van der Waals surface area contributed by atoms with E-state index in [1.54, 1.807) is 0 Å². The zero-order chi connectivity index (χ0) is 13.5. The Hall–Kier alpha value is -1.02. The number of nitrogens with one attached hydrogen (secondary N) is 1. The molecule has 1 unspecified atom stereocenters. The lowest BCUT2D eigenvalue weighted by Gasteiger charge is -2.17. The fourth-order valence-corrected chi connectivity index (χ4v) is 2.00. The topological polar surface area (TPSA) is 21.3 Å². The molecule has 1 atom stereocenters.